The normalized spacial score (nSPS) is 13.2. The molecule has 4 aromatic rings. The van der Waals surface area contributed by atoms with Gasteiger partial charge >= 0.3 is 0 Å². The van der Waals surface area contributed by atoms with Crippen molar-refractivity contribution in [1.82, 2.24) is 29.7 Å². The lowest BCUT2D eigenvalue weighted by molar-refractivity contribution is 0.0940. The highest BCUT2D eigenvalue weighted by Gasteiger charge is 2.24. The number of nitrogens with zero attached hydrogens (tertiary/aromatic N) is 5. The molecule has 1 aliphatic heterocycles. The molecule has 0 saturated heterocycles. The van der Waals surface area contributed by atoms with E-state index in [-0.39, 0.29) is 5.91 Å². The van der Waals surface area contributed by atoms with E-state index < -0.39 is 0 Å². The van der Waals surface area contributed by atoms with Crippen LogP contribution in [0.2, 0.25) is 0 Å². The molecule has 0 aliphatic carbocycles. The molecular weight excluding hydrogens is 354 g/mol. The van der Waals surface area contributed by atoms with E-state index >= 15 is 0 Å². The minimum absolute atomic E-state index is 0.162. The Kier molecular flexibility index (Phi) is 3.93. The maximum Gasteiger partial charge on any atom is 0.270 e. The van der Waals surface area contributed by atoms with Gasteiger partial charge in [0.2, 0.25) is 0 Å². The minimum atomic E-state index is -0.162. The Labute approximate surface area is 160 Å². The number of benzene rings is 1. The first-order valence-corrected chi connectivity index (χ1v) is 9.04. The van der Waals surface area contributed by atoms with Crippen LogP contribution in [-0.4, -0.2) is 36.8 Å². The Hall–Kier alpha value is -3.81. The first-order valence-electron chi connectivity index (χ1n) is 9.04. The van der Waals surface area contributed by atoms with E-state index in [2.05, 4.69) is 25.6 Å². The number of fused-ring (bicyclic) bond motifs is 2. The van der Waals surface area contributed by atoms with Crippen molar-refractivity contribution in [2.75, 3.05) is 11.9 Å². The van der Waals surface area contributed by atoms with Crippen molar-refractivity contribution in [3.05, 3.63) is 72.1 Å². The average molecular weight is 371 g/mol. The van der Waals surface area contributed by atoms with Crippen LogP contribution in [-0.2, 0) is 13.0 Å². The molecule has 0 fully saturated rings. The Morgan fingerprint density at radius 3 is 2.93 bits per heavy atom. The van der Waals surface area contributed by atoms with E-state index in [1.165, 1.54) is 0 Å². The smallest absolute Gasteiger partial charge is 0.270 e. The number of hydrogen-bond donors (Lipinski definition) is 2. The summed E-state index contributed by atoms with van der Waals surface area (Å²) in [5.41, 5.74) is 3.91. The summed E-state index contributed by atoms with van der Waals surface area (Å²) in [7, 11) is 0. The molecule has 1 amide bonds. The van der Waals surface area contributed by atoms with Crippen molar-refractivity contribution in [2.45, 2.75) is 13.0 Å². The van der Waals surface area contributed by atoms with Gasteiger partial charge < -0.3 is 10.6 Å². The average Bonchev–Trinajstić information content (AvgIpc) is 3.16. The lowest BCUT2D eigenvalue weighted by Crippen LogP contribution is -2.34. The van der Waals surface area contributed by atoms with E-state index in [1.807, 2.05) is 47.1 Å². The maximum absolute atomic E-state index is 12.4. The number of aromatic nitrogens is 5. The van der Waals surface area contributed by atoms with Gasteiger partial charge in [0.1, 0.15) is 11.5 Å². The zero-order chi connectivity index (χ0) is 18.9. The molecule has 0 saturated carbocycles. The lowest BCUT2D eigenvalue weighted by atomic mass is 10.1. The van der Waals surface area contributed by atoms with E-state index in [9.17, 15) is 4.79 Å². The molecule has 1 aliphatic rings. The first kappa shape index (κ1) is 16.4. The third-order valence-electron chi connectivity index (χ3n) is 4.75. The molecule has 4 heterocycles. The second-order valence-corrected chi connectivity index (χ2v) is 6.50. The molecular formula is C20H17N7O. The van der Waals surface area contributed by atoms with Crippen LogP contribution in [0.5, 0.6) is 0 Å². The molecule has 0 unspecified atom stereocenters. The Bertz CT molecular complexity index is 1170. The fourth-order valence-electron chi connectivity index (χ4n) is 3.36. The second-order valence-electron chi connectivity index (χ2n) is 6.50. The number of carbonyl (C=O) groups excluding carboxylic acids is 1. The van der Waals surface area contributed by atoms with Crippen LogP contribution in [0.1, 0.15) is 21.7 Å². The van der Waals surface area contributed by atoms with Crippen molar-refractivity contribution in [2.24, 2.45) is 0 Å². The van der Waals surface area contributed by atoms with Crippen LogP contribution in [0, 0.1) is 0 Å². The van der Waals surface area contributed by atoms with Gasteiger partial charge in [-0.2, -0.15) is 0 Å². The van der Waals surface area contributed by atoms with E-state index in [0.29, 0.717) is 36.8 Å². The molecule has 3 aromatic heterocycles. The highest BCUT2D eigenvalue weighted by atomic mass is 16.1. The summed E-state index contributed by atoms with van der Waals surface area (Å²) >= 11 is 0. The predicted octanol–water partition coefficient (Wildman–Crippen LogP) is 2.08. The number of hydrogen-bond acceptors (Lipinski definition) is 6. The molecule has 8 heteroatoms. The number of imidazole rings is 1. The zero-order valence-corrected chi connectivity index (χ0v) is 15.0. The van der Waals surface area contributed by atoms with Crippen LogP contribution >= 0.6 is 0 Å². The molecule has 0 spiro atoms. The molecule has 28 heavy (non-hydrogen) atoms. The topological polar surface area (TPSA) is 97.1 Å². The van der Waals surface area contributed by atoms with Crippen molar-refractivity contribution in [1.29, 1.82) is 0 Å². The van der Waals surface area contributed by atoms with Crippen molar-refractivity contribution in [3.63, 3.8) is 0 Å². The third-order valence-corrected chi connectivity index (χ3v) is 4.75. The quantitative estimate of drug-likeness (QED) is 0.570. The fourth-order valence-corrected chi connectivity index (χ4v) is 3.36. The summed E-state index contributed by atoms with van der Waals surface area (Å²) in [4.78, 5) is 30.1. The largest absolute Gasteiger partial charge is 0.364 e. The fraction of sp³-hybridized carbons (Fsp3) is 0.150. The summed E-state index contributed by atoms with van der Waals surface area (Å²) in [6, 6.07) is 9.66. The summed E-state index contributed by atoms with van der Waals surface area (Å²) in [5, 5.41) is 6.25. The highest BCUT2D eigenvalue weighted by molar-refractivity contribution is 5.96. The van der Waals surface area contributed by atoms with Crippen LogP contribution in [0.15, 0.2) is 55.1 Å². The molecule has 1 aromatic carbocycles. The summed E-state index contributed by atoms with van der Waals surface area (Å²) in [6.45, 7) is 1.10. The molecule has 2 N–H and O–H groups in total. The van der Waals surface area contributed by atoms with Gasteiger partial charge in [-0.1, -0.05) is 30.3 Å². The molecule has 0 bridgehead atoms. The van der Waals surface area contributed by atoms with E-state index in [0.717, 1.165) is 22.5 Å². The van der Waals surface area contributed by atoms with Gasteiger partial charge in [-0.15, -0.1) is 0 Å². The van der Waals surface area contributed by atoms with Gasteiger partial charge in [0.05, 0.1) is 24.6 Å². The predicted molar refractivity (Wildman–Crippen MR) is 104 cm³/mol. The van der Waals surface area contributed by atoms with Gasteiger partial charge in [0.15, 0.2) is 11.5 Å². The van der Waals surface area contributed by atoms with E-state index in [4.69, 9.17) is 4.98 Å². The Morgan fingerprint density at radius 1 is 1.14 bits per heavy atom. The monoisotopic (exact) mass is 371 g/mol. The zero-order valence-electron chi connectivity index (χ0n) is 15.0. The number of anilines is 1. The standard InChI is InChI=1S/C20H17N7O/c28-20-17-15(6-7-22-20)19(26-18(25-17)13-4-2-1-3-5-13)24-11-14-10-23-16-12-21-8-9-27(14)16/h1-5,8-10,12H,6-7,11H2,(H,22,28)(H,24,25,26). The van der Waals surface area contributed by atoms with Crippen molar-refractivity contribution in [3.8, 4) is 11.4 Å². The molecule has 0 radical (unpaired) electrons. The molecule has 8 nitrogen and oxygen atoms in total. The van der Waals surface area contributed by atoms with Crippen LogP contribution in [0.25, 0.3) is 17.0 Å². The summed E-state index contributed by atoms with van der Waals surface area (Å²) < 4.78 is 1.97. The van der Waals surface area contributed by atoms with Gasteiger partial charge in [-0.3, -0.25) is 14.2 Å². The molecule has 5 rings (SSSR count). The lowest BCUT2D eigenvalue weighted by Gasteiger charge is -2.20. The summed E-state index contributed by atoms with van der Waals surface area (Å²) in [5.74, 6) is 1.05. The van der Waals surface area contributed by atoms with Crippen molar-refractivity contribution < 1.29 is 4.79 Å². The third kappa shape index (κ3) is 2.84. The van der Waals surface area contributed by atoms with Gasteiger partial charge in [0, 0.05) is 30.1 Å². The summed E-state index contributed by atoms with van der Waals surface area (Å²) in [6.07, 6.45) is 7.81. The SMILES string of the molecule is O=C1NCCc2c(NCc3cnc4cnccn34)nc(-c3ccccc3)nc21. The number of nitrogens with one attached hydrogen (secondary N) is 2. The van der Waals surface area contributed by atoms with Gasteiger partial charge in [-0.05, 0) is 6.42 Å². The van der Waals surface area contributed by atoms with Crippen molar-refractivity contribution >= 4 is 17.4 Å². The number of carbonyl (C=O) groups is 1. The Morgan fingerprint density at radius 2 is 2.04 bits per heavy atom. The number of rotatable bonds is 4. The van der Waals surface area contributed by atoms with Crippen LogP contribution in [0.4, 0.5) is 5.82 Å². The molecule has 138 valence electrons. The van der Waals surface area contributed by atoms with Gasteiger partial charge in [-0.25, -0.2) is 15.0 Å². The Balaban J connectivity index is 1.54. The maximum atomic E-state index is 12.4. The number of amides is 1. The second kappa shape index (κ2) is 6.73. The van der Waals surface area contributed by atoms with Crippen LogP contribution < -0.4 is 10.6 Å². The molecule has 0 atom stereocenters. The van der Waals surface area contributed by atoms with Gasteiger partial charge in [0.25, 0.3) is 5.91 Å². The van der Waals surface area contributed by atoms with Crippen LogP contribution in [0.3, 0.4) is 0 Å². The highest BCUT2D eigenvalue weighted by Crippen LogP contribution is 2.25. The first-order chi connectivity index (χ1) is 13.8. The van der Waals surface area contributed by atoms with E-state index in [1.54, 1.807) is 12.4 Å². The minimum Gasteiger partial charge on any atom is -0.364 e.